The molecule has 2 unspecified atom stereocenters. The highest BCUT2D eigenvalue weighted by Gasteiger charge is 2.70. The van der Waals surface area contributed by atoms with Crippen molar-refractivity contribution in [2.75, 3.05) is 6.61 Å². The third-order valence-corrected chi connectivity index (χ3v) is 9.49. The summed E-state index contributed by atoms with van der Waals surface area (Å²) in [6.45, 7) is 13.7. The lowest BCUT2D eigenvalue weighted by molar-refractivity contribution is -0.171. The predicted octanol–water partition coefficient (Wildman–Crippen LogP) is 5.91. The first-order chi connectivity index (χ1) is 17.8. The fraction of sp³-hybridized carbons (Fsp3) is 0.552. The van der Waals surface area contributed by atoms with Crippen molar-refractivity contribution in [3.63, 3.8) is 0 Å². The van der Waals surface area contributed by atoms with Gasteiger partial charge in [0.2, 0.25) is 11.3 Å². The van der Waals surface area contributed by atoms with Crippen LogP contribution in [-0.4, -0.2) is 36.1 Å². The fourth-order valence-corrected chi connectivity index (χ4v) is 7.69. The lowest BCUT2D eigenvalue weighted by Gasteiger charge is -2.40. The Hall–Kier alpha value is -2.78. The van der Waals surface area contributed by atoms with E-state index in [9.17, 15) is 18.3 Å². The minimum Gasteiger partial charge on any atom is -0.464 e. The van der Waals surface area contributed by atoms with Gasteiger partial charge in [-0.3, -0.25) is 0 Å². The zero-order valence-electron chi connectivity index (χ0n) is 23.4. The molecule has 0 spiro atoms. The van der Waals surface area contributed by atoms with E-state index >= 15 is 0 Å². The second-order valence-electron chi connectivity index (χ2n) is 11.2. The molecule has 38 heavy (non-hydrogen) atoms. The molecule has 2 aliphatic rings. The molecule has 1 aliphatic carbocycles. The van der Waals surface area contributed by atoms with Gasteiger partial charge in [0.05, 0.1) is 11.5 Å². The summed E-state index contributed by atoms with van der Waals surface area (Å²) >= 11 is 0. The summed E-state index contributed by atoms with van der Waals surface area (Å²) in [6, 6.07) is 10.9. The van der Waals surface area contributed by atoms with Crippen molar-refractivity contribution in [3.8, 4) is 0 Å². The lowest BCUT2D eigenvalue weighted by atomic mass is 9.80. The van der Waals surface area contributed by atoms with Crippen molar-refractivity contribution in [1.29, 1.82) is 0 Å². The summed E-state index contributed by atoms with van der Waals surface area (Å²) < 4.78 is 35.5. The Labute approximate surface area is 226 Å². The van der Waals surface area contributed by atoms with Gasteiger partial charge in [0.1, 0.15) is 0 Å². The van der Waals surface area contributed by atoms with Gasteiger partial charge < -0.3 is 9.84 Å². The molecular weight excluding hydrogens is 502 g/mol. The predicted molar refractivity (Wildman–Crippen MR) is 145 cm³/mol. The molecule has 0 saturated heterocycles. The van der Waals surface area contributed by atoms with E-state index in [1.807, 2.05) is 52.0 Å². The van der Waals surface area contributed by atoms with Crippen molar-refractivity contribution in [3.05, 3.63) is 64.2 Å². The molecule has 2 aromatic rings. The number of hydrogen-bond acceptors (Lipinski definition) is 7. The smallest absolute Gasteiger partial charge is 0.341 e. The molecule has 0 radical (unpaired) electrons. The van der Waals surface area contributed by atoms with E-state index in [0.29, 0.717) is 33.9 Å². The van der Waals surface area contributed by atoms with Crippen molar-refractivity contribution < 1.29 is 23.1 Å². The first kappa shape index (κ1) is 28.2. The molecule has 8 nitrogen and oxygen atoms in total. The third-order valence-electron chi connectivity index (χ3n) is 7.71. The van der Waals surface area contributed by atoms with E-state index < -0.39 is 27.3 Å². The van der Waals surface area contributed by atoms with Crippen LogP contribution in [0.15, 0.2) is 51.6 Å². The summed E-state index contributed by atoms with van der Waals surface area (Å²) in [5, 5.41) is 21.0. The van der Waals surface area contributed by atoms with Gasteiger partial charge >= 0.3 is 5.97 Å². The maximum absolute atomic E-state index is 14.7. The lowest BCUT2D eigenvalue weighted by Crippen LogP contribution is -2.61. The summed E-state index contributed by atoms with van der Waals surface area (Å²) in [5.74, 6) is -0.839. The standard InChI is InChI=1S/C29H39N3O5S/c1-8-37-27(33)28-15-11-13-21-12-9-10-14-25(21)29(28,34)32(31-30-28)38(35,36)26-23(19(4)5)16-22(18(2)3)17-24(26)20(6)7/h9-10,12,14,16-20,34H,8,11,13,15H2,1-7H3. The fourth-order valence-electron chi connectivity index (χ4n) is 5.60. The zero-order chi connectivity index (χ0) is 28.0. The number of benzene rings is 2. The average Bonchev–Trinajstić information content (AvgIpc) is 3.11. The Balaban J connectivity index is 2.05. The number of aliphatic hydroxyl groups is 1. The Morgan fingerprint density at radius 2 is 1.66 bits per heavy atom. The van der Waals surface area contributed by atoms with Crippen LogP contribution in [0.25, 0.3) is 0 Å². The van der Waals surface area contributed by atoms with Crippen LogP contribution in [0.2, 0.25) is 0 Å². The van der Waals surface area contributed by atoms with Crippen molar-refractivity contribution in [2.24, 2.45) is 10.3 Å². The highest BCUT2D eigenvalue weighted by molar-refractivity contribution is 7.89. The maximum Gasteiger partial charge on any atom is 0.341 e. The summed E-state index contributed by atoms with van der Waals surface area (Å²) in [5.41, 5.74) is -0.921. The first-order valence-electron chi connectivity index (χ1n) is 13.5. The van der Waals surface area contributed by atoms with E-state index in [-0.39, 0.29) is 35.7 Å². The Bertz CT molecular complexity index is 1340. The number of sulfonamides is 1. The van der Waals surface area contributed by atoms with Gasteiger partial charge in [-0.15, -0.1) is 9.53 Å². The van der Waals surface area contributed by atoms with E-state index in [0.717, 1.165) is 11.1 Å². The van der Waals surface area contributed by atoms with Gasteiger partial charge in [0.25, 0.3) is 10.0 Å². The van der Waals surface area contributed by atoms with Gasteiger partial charge in [-0.05, 0) is 66.2 Å². The van der Waals surface area contributed by atoms with Crippen LogP contribution >= 0.6 is 0 Å². The molecular formula is C29H39N3O5S. The van der Waals surface area contributed by atoms with Gasteiger partial charge in [-0.2, -0.15) is 8.42 Å². The molecule has 1 aliphatic heterocycles. The molecule has 0 bridgehead atoms. The molecule has 0 amide bonds. The number of esters is 1. The summed E-state index contributed by atoms with van der Waals surface area (Å²) in [6.07, 6.45) is 1.15. The average molecular weight is 542 g/mol. The summed E-state index contributed by atoms with van der Waals surface area (Å²) in [4.78, 5) is 13.6. The second kappa shape index (κ2) is 10.1. The second-order valence-corrected chi connectivity index (χ2v) is 12.9. The van der Waals surface area contributed by atoms with Crippen molar-refractivity contribution in [1.82, 2.24) is 4.41 Å². The SMILES string of the molecule is CCOC(=O)C12CCCc3ccccc3C1(O)N(S(=O)(=O)c1c(C(C)C)cc(C(C)C)cc1C(C)C)N=N2. The van der Waals surface area contributed by atoms with Crippen LogP contribution in [0.3, 0.4) is 0 Å². The maximum atomic E-state index is 14.7. The topological polar surface area (TPSA) is 109 Å². The Kier molecular flexibility index (Phi) is 7.49. The monoisotopic (exact) mass is 541 g/mol. The van der Waals surface area contributed by atoms with Crippen molar-refractivity contribution >= 4 is 16.0 Å². The molecule has 4 rings (SSSR count). The van der Waals surface area contributed by atoms with Gasteiger partial charge in [-0.25, -0.2) is 4.79 Å². The molecule has 206 valence electrons. The number of carbonyl (C=O) groups excluding carboxylic acids is 1. The van der Waals surface area contributed by atoms with Crippen LogP contribution in [0.5, 0.6) is 0 Å². The van der Waals surface area contributed by atoms with E-state index in [1.54, 1.807) is 19.1 Å². The number of carbonyl (C=O) groups is 1. The molecule has 0 fully saturated rings. The molecule has 2 aromatic carbocycles. The minimum absolute atomic E-state index is 0.0617. The molecule has 2 atom stereocenters. The number of ether oxygens (including phenoxy) is 1. The van der Waals surface area contributed by atoms with Gasteiger partial charge in [0, 0.05) is 5.56 Å². The van der Waals surface area contributed by atoms with E-state index in [2.05, 4.69) is 24.2 Å². The highest BCUT2D eigenvalue weighted by Crippen LogP contribution is 2.53. The number of hydrogen-bond donors (Lipinski definition) is 1. The van der Waals surface area contributed by atoms with Crippen LogP contribution in [0.4, 0.5) is 0 Å². The van der Waals surface area contributed by atoms with Crippen LogP contribution < -0.4 is 0 Å². The number of nitrogens with zero attached hydrogens (tertiary/aromatic N) is 3. The van der Waals surface area contributed by atoms with Crippen LogP contribution in [0.1, 0.15) is 107 Å². The molecule has 1 heterocycles. The van der Waals surface area contributed by atoms with E-state index in [4.69, 9.17) is 4.74 Å². The largest absolute Gasteiger partial charge is 0.464 e. The molecule has 1 N–H and O–H groups in total. The van der Waals surface area contributed by atoms with Gasteiger partial charge in [-0.1, -0.05) is 83.2 Å². The number of fused-ring (bicyclic) bond motifs is 3. The Morgan fingerprint density at radius 3 is 2.21 bits per heavy atom. The van der Waals surface area contributed by atoms with Gasteiger partial charge in [0.15, 0.2) is 0 Å². The summed E-state index contributed by atoms with van der Waals surface area (Å²) in [7, 11) is -4.49. The Morgan fingerprint density at radius 1 is 1.05 bits per heavy atom. The van der Waals surface area contributed by atoms with Crippen molar-refractivity contribution in [2.45, 2.75) is 102 Å². The normalized spacial score (nSPS) is 23.1. The zero-order valence-corrected chi connectivity index (χ0v) is 24.2. The number of aryl methyl sites for hydroxylation is 1. The minimum atomic E-state index is -4.49. The van der Waals surface area contributed by atoms with Crippen LogP contribution in [0, 0.1) is 0 Å². The van der Waals surface area contributed by atoms with Crippen LogP contribution in [-0.2, 0) is 31.7 Å². The van der Waals surface area contributed by atoms with E-state index in [1.165, 1.54) is 0 Å². The highest BCUT2D eigenvalue weighted by atomic mass is 32.2. The molecule has 0 saturated carbocycles. The number of rotatable bonds is 7. The quantitative estimate of drug-likeness (QED) is 0.438. The first-order valence-corrected chi connectivity index (χ1v) is 14.9. The third kappa shape index (κ3) is 4.14. The molecule has 0 aromatic heterocycles. The molecule has 9 heteroatoms.